The summed E-state index contributed by atoms with van der Waals surface area (Å²) in [5.41, 5.74) is 10.1. The van der Waals surface area contributed by atoms with E-state index in [4.69, 9.17) is 9.47 Å². The molecule has 0 saturated heterocycles. The van der Waals surface area contributed by atoms with Crippen molar-refractivity contribution in [1.29, 1.82) is 0 Å². The molecule has 6 rings (SSSR count). The number of methoxy groups -OCH3 is 2. The monoisotopic (exact) mass is 754 g/mol. The first kappa shape index (κ1) is 41.5. The van der Waals surface area contributed by atoms with Gasteiger partial charge in [-0.05, 0) is 159 Å². The number of ether oxygens (including phenoxy) is 2. The van der Waals surface area contributed by atoms with Crippen molar-refractivity contribution in [3.63, 3.8) is 0 Å². The van der Waals surface area contributed by atoms with Gasteiger partial charge in [0.1, 0.15) is 11.5 Å². The van der Waals surface area contributed by atoms with Crippen molar-refractivity contribution in [1.82, 2.24) is 9.80 Å². The molecule has 8 heteroatoms. The molecule has 0 aliphatic heterocycles. The minimum atomic E-state index is -0.328. The van der Waals surface area contributed by atoms with Gasteiger partial charge in [-0.25, -0.2) is 9.59 Å². The highest BCUT2D eigenvalue weighted by atomic mass is 16.5. The molecule has 4 aromatic carbocycles. The zero-order valence-electron chi connectivity index (χ0n) is 33.4. The number of phenolic OH excluding ortho intramolecular Hbond substituents is 2. The summed E-state index contributed by atoms with van der Waals surface area (Å²) in [4.78, 5) is 28.0. The lowest BCUT2D eigenvalue weighted by atomic mass is 9.81. The molecule has 4 aromatic rings. The van der Waals surface area contributed by atoms with Crippen LogP contribution in [0, 0.1) is 11.8 Å². The molecule has 0 radical (unpaired) electrons. The van der Waals surface area contributed by atoms with E-state index in [1.165, 1.54) is 36.5 Å². The van der Waals surface area contributed by atoms with Gasteiger partial charge in [-0.2, -0.15) is 0 Å². The Kier molecular flexibility index (Phi) is 14.6. The van der Waals surface area contributed by atoms with Crippen molar-refractivity contribution >= 4 is 35.2 Å². The van der Waals surface area contributed by atoms with Gasteiger partial charge < -0.3 is 29.5 Å². The minimum absolute atomic E-state index is 0.281. The summed E-state index contributed by atoms with van der Waals surface area (Å²) < 4.78 is 9.64. The summed E-state index contributed by atoms with van der Waals surface area (Å²) in [5.74, 6) is 0.732. The predicted octanol–water partition coefficient (Wildman–Crippen LogP) is 9.23. The fraction of sp³-hybridized carbons (Fsp3) is 0.292. The number of benzene rings is 4. The molecule has 0 heterocycles. The van der Waals surface area contributed by atoms with Crippen molar-refractivity contribution in [3.8, 4) is 11.5 Å². The van der Waals surface area contributed by atoms with E-state index in [0.717, 1.165) is 61.0 Å². The molecule has 0 saturated carbocycles. The van der Waals surface area contributed by atoms with E-state index >= 15 is 0 Å². The average Bonchev–Trinajstić information content (AvgIpc) is 3.18. The summed E-state index contributed by atoms with van der Waals surface area (Å²) in [5, 5.41) is 19.8. The van der Waals surface area contributed by atoms with Crippen LogP contribution in [0.2, 0.25) is 0 Å². The first-order valence-corrected chi connectivity index (χ1v) is 19.0. The Morgan fingerprint density at radius 1 is 0.607 bits per heavy atom. The van der Waals surface area contributed by atoms with Gasteiger partial charge >= 0.3 is 11.9 Å². The zero-order valence-corrected chi connectivity index (χ0v) is 33.4. The fourth-order valence-electron chi connectivity index (χ4n) is 7.44. The second-order valence-corrected chi connectivity index (χ2v) is 15.0. The number of nitrogens with zero attached hydrogens (tertiary/aromatic N) is 2. The Balaban J connectivity index is 0.000000214. The molecule has 2 aliphatic carbocycles. The molecular formula is C48H54N2O6. The smallest absolute Gasteiger partial charge is 0.337 e. The number of rotatable bonds is 10. The molecule has 2 atom stereocenters. The molecular weight excluding hydrogens is 701 g/mol. The third kappa shape index (κ3) is 11.7. The van der Waals surface area contributed by atoms with Gasteiger partial charge in [0.05, 0.1) is 25.3 Å². The molecule has 0 fully saturated rings. The second kappa shape index (κ2) is 19.8. The maximum absolute atomic E-state index is 11.8. The molecule has 0 bridgehead atoms. The summed E-state index contributed by atoms with van der Waals surface area (Å²) in [7, 11) is 11.1. The van der Waals surface area contributed by atoms with E-state index in [-0.39, 0.29) is 23.4 Å². The van der Waals surface area contributed by atoms with Crippen molar-refractivity contribution in [2.75, 3.05) is 55.5 Å². The van der Waals surface area contributed by atoms with E-state index in [1.54, 1.807) is 24.3 Å². The van der Waals surface area contributed by atoms with Crippen LogP contribution < -0.4 is 0 Å². The van der Waals surface area contributed by atoms with Crippen molar-refractivity contribution in [2.45, 2.75) is 25.7 Å². The average molecular weight is 755 g/mol. The highest BCUT2D eigenvalue weighted by Gasteiger charge is 2.24. The van der Waals surface area contributed by atoms with Crippen LogP contribution in [0.25, 0.3) is 23.3 Å². The lowest BCUT2D eigenvalue weighted by Crippen LogP contribution is -2.24. The number of aromatic hydroxyl groups is 2. The Bertz CT molecular complexity index is 1970. The molecule has 2 unspecified atom stereocenters. The summed E-state index contributed by atoms with van der Waals surface area (Å²) in [6.07, 6.45) is 12.8. The van der Waals surface area contributed by atoms with Gasteiger partial charge in [0, 0.05) is 13.1 Å². The fourth-order valence-corrected chi connectivity index (χ4v) is 7.44. The van der Waals surface area contributed by atoms with Crippen molar-refractivity contribution in [2.24, 2.45) is 11.8 Å². The maximum Gasteiger partial charge on any atom is 0.337 e. The van der Waals surface area contributed by atoms with Crippen LogP contribution in [0.15, 0.2) is 120 Å². The molecule has 0 aromatic heterocycles. The van der Waals surface area contributed by atoms with E-state index in [0.29, 0.717) is 23.0 Å². The largest absolute Gasteiger partial charge is 0.508 e. The highest BCUT2D eigenvalue weighted by molar-refractivity contribution is 5.91. The van der Waals surface area contributed by atoms with E-state index in [9.17, 15) is 19.8 Å². The van der Waals surface area contributed by atoms with Crippen LogP contribution in [0.3, 0.4) is 0 Å². The van der Waals surface area contributed by atoms with Crippen LogP contribution in [0.5, 0.6) is 11.5 Å². The number of allylic oxidation sites excluding steroid dienone is 4. The van der Waals surface area contributed by atoms with Gasteiger partial charge in [-0.1, -0.05) is 72.8 Å². The van der Waals surface area contributed by atoms with Gasteiger partial charge in [-0.3, -0.25) is 0 Å². The number of carbonyl (C=O) groups excluding carboxylic acids is 2. The van der Waals surface area contributed by atoms with E-state index in [2.05, 4.69) is 74.4 Å². The van der Waals surface area contributed by atoms with Crippen LogP contribution in [-0.4, -0.2) is 87.5 Å². The molecule has 292 valence electrons. The molecule has 56 heavy (non-hydrogen) atoms. The summed E-state index contributed by atoms with van der Waals surface area (Å²) in [6, 6.07) is 29.9. The first-order chi connectivity index (χ1) is 26.9. The minimum Gasteiger partial charge on any atom is -0.508 e. The molecule has 8 nitrogen and oxygen atoms in total. The third-order valence-electron chi connectivity index (χ3n) is 9.97. The zero-order chi connectivity index (χ0) is 40.2. The topological polar surface area (TPSA) is 99.5 Å². The SMILES string of the molecule is COC(=O)c1cccc(/C=C2/C=C(c3cccc(O)c3)C(CN(C)C)CC2)c1.COC(=O)c1cccc(/C=C2\C=C(c3cccc(O)c3)C(CN(C)C)CC2)c1. The van der Waals surface area contributed by atoms with Crippen LogP contribution >= 0.6 is 0 Å². The van der Waals surface area contributed by atoms with Gasteiger partial charge in [0.15, 0.2) is 0 Å². The summed E-state index contributed by atoms with van der Waals surface area (Å²) >= 11 is 0. The number of hydrogen-bond acceptors (Lipinski definition) is 8. The Morgan fingerprint density at radius 2 is 1.00 bits per heavy atom. The quantitative estimate of drug-likeness (QED) is 0.155. The maximum atomic E-state index is 11.8. The van der Waals surface area contributed by atoms with Crippen LogP contribution in [-0.2, 0) is 9.47 Å². The Hall–Kier alpha value is -5.70. The Morgan fingerprint density at radius 3 is 1.36 bits per heavy atom. The van der Waals surface area contributed by atoms with Crippen molar-refractivity contribution in [3.05, 3.63) is 154 Å². The van der Waals surface area contributed by atoms with Crippen molar-refractivity contribution < 1.29 is 29.3 Å². The van der Waals surface area contributed by atoms with E-state index in [1.807, 2.05) is 60.7 Å². The number of esters is 2. The second-order valence-electron chi connectivity index (χ2n) is 15.0. The standard InChI is InChI=1S/2C24H27NO3/c2*1-25(2)16-21-11-10-18(14-23(21)19-7-5-9-22(26)15-19)12-17-6-4-8-20(13-17)24(27)28-3/h2*4-9,12-15,21,26H,10-11,16H2,1-3H3/b18-12+;18-12-. The number of hydrogen-bond donors (Lipinski definition) is 2. The normalized spacial score (nSPS) is 18.2. The van der Waals surface area contributed by atoms with Gasteiger partial charge in [0.25, 0.3) is 0 Å². The molecule has 0 amide bonds. The van der Waals surface area contributed by atoms with Gasteiger partial charge in [0.2, 0.25) is 0 Å². The Labute approximate surface area is 331 Å². The third-order valence-corrected chi connectivity index (χ3v) is 9.97. The summed E-state index contributed by atoms with van der Waals surface area (Å²) in [6.45, 7) is 1.93. The number of phenols is 2. The molecule has 2 N–H and O–H groups in total. The first-order valence-electron chi connectivity index (χ1n) is 19.0. The van der Waals surface area contributed by atoms with Gasteiger partial charge in [-0.15, -0.1) is 0 Å². The molecule has 0 spiro atoms. The molecule has 2 aliphatic rings. The highest BCUT2D eigenvalue weighted by Crippen LogP contribution is 2.38. The van der Waals surface area contributed by atoms with E-state index < -0.39 is 0 Å². The number of carbonyl (C=O) groups is 2. The van der Waals surface area contributed by atoms with Crippen LogP contribution in [0.4, 0.5) is 0 Å². The lowest BCUT2D eigenvalue weighted by molar-refractivity contribution is 0.0592. The van der Waals surface area contributed by atoms with Crippen LogP contribution in [0.1, 0.15) is 68.7 Å². The predicted molar refractivity (Wildman–Crippen MR) is 226 cm³/mol. The lowest BCUT2D eigenvalue weighted by Gasteiger charge is -2.28.